The van der Waals surface area contributed by atoms with Crippen LogP contribution in [0.3, 0.4) is 0 Å². The zero-order chi connectivity index (χ0) is 24.8. The zero-order valence-corrected chi connectivity index (χ0v) is 21.1. The van der Waals surface area contributed by atoms with Gasteiger partial charge in [-0.3, -0.25) is 9.59 Å². The molecule has 6 heteroatoms. The predicted octanol–water partition coefficient (Wildman–Crippen LogP) is 5.63. The highest BCUT2D eigenvalue weighted by atomic mass is 16.2. The summed E-state index contributed by atoms with van der Waals surface area (Å²) < 4.78 is 1.80. The number of nitrogens with zero attached hydrogens (tertiary/aromatic N) is 3. The quantitative estimate of drug-likeness (QED) is 0.450. The monoisotopic (exact) mass is 460 g/mol. The van der Waals surface area contributed by atoms with E-state index in [1.54, 1.807) is 9.58 Å². The lowest BCUT2D eigenvalue weighted by atomic mass is 10.1. The van der Waals surface area contributed by atoms with Gasteiger partial charge in [-0.15, -0.1) is 0 Å². The molecule has 0 radical (unpaired) electrons. The van der Waals surface area contributed by atoms with Gasteiger partial charge in [0.2, 0.25) is 11.8 Å². The summed E-state index contributed by atoms with van der Waals surface area (Å²) >= 11 is 0. The van der Waals surface area contributed by atoms with Gasteiger partial charge in [-0.2, -0.15) is 5.10 Å². The molecule has 6 nitrogen and oxygen atoms in total. The van der Waals surface area contributed by atoms with Crippen LogP contribution in [0.5, 0.6) is 0 Å². The Labute approximate surface area is 203 Å². The summed E-state index contributed by atoms with van der Waals surface area (Å²) in [5.74, 6) is 0.891. The minimum Gasteiger partial charge on any atom is -0.333 e. The number of rotatable bonds is 9. The van der Waals surface area contributed by atoms with Crippen LogP contribution >= 0.6 is 0 Å². The molecule has 0 saturated heterocycles. The Morgan fingerprint density at radius 2 is 1.59 bits per heavy atom. The average molecular weight is 461 g/mol. The van der Waals surface area contributed by atoms with Crippen LogP contribution in [0.1, 0.15) is 45.4 Å². The number of hydrogen-bond acceptors (Lipinski definition) is 3. The average Bonchev–Trinajstić information content (AvgIpc) is 3.08. The van der Waals surface area contributed by atoms with Crippen molar-refractivity contribution in [2.24, 2.45) is 11.8 Å². The lowest BCUT2D eigenvalue weighted by Gasteiger charge is -2.25. The number of carbonyl (C=O) groups excluding carboxylic acids is 2. The molecule has 0 spiro atoms. The van der Waals surface area contributed by atoms with Gasteiger partial charge in [0, 0.05) is 18.5 Å². The minimum absolute atomic E-state index is 0.00530. The third-order valence-electron chi connectivity index (χ3n) is 5.58. The molecular formula is C28H36N4O2. The Morgan fingerprint density at radius 3 is 2.21 bits per heavy atom. The van der Waals surface area contributed by atoms with Crippen molar-refractivity contribution in [2.75, 3.05) is 18.4 Å². The van der Waals surface area contributed by atoms with Crippen LogP contribution in [-0.4, -0.2) is 39.6 Å². The summed E-state index contributed by atoms with van der Waals surface area (Å²) in [4.78, 5) is 27.8. The Morgan fingerprint density at radius 1 is 0.941 bits per heavy atom. The fourth-order valence-electron chi connectivity index (χ4n) is 4.09. The van der Waals surface area contributed by atoms with Crippen molar-refractivity contribution in [3.8, 4) is 16.8 Å². The lowest BCUT2D eigenvalue weighted by Crippen LogP contribution is -2.40. The second-order valence-electron chi connectivity index (χ2n) is 9.69. The Balaban J connectivity index is 1.99. The number of aryl methyl sites for hydroxylation is 2. The van der Waals surface area contributed by atoms with E-state index in [1.807, 2.05) is 82.3 Å². The largest absolute Gasteiger partial charge is 0.333 e. The van der Waals surface area contributed by atoms with Crippen LogP contribution in [0.2, 0.25) is 0 Å². The molecule has 1 heterocycles. The summed E-state index contributed by atoms with van der Waals surface area (Å²) in [6, 6.07) is 17.9. The number of hydrogen-bond donors (Lipinski definition) is 1. The summed E-state index contributed by atoms with van der Waals surface area (Å²) in [7, 11) is 0. The van der Waals surface area contributed by atoms with Crippen LogP contribution in [-0.2, 0) is 9.59 Å². The van der Waals surface area contributed by atoms with Gasteiger partial charge in [-0.25, -0.2) is 4.68 Å². The first kappa shape index (κ1) is 25.2. The minimum atomic E-state index is -0.232. The van der Waals surface area contributed by atoms with Crippen LogP contribution < -0.4 is 5.32 Å². The van der Waals surface area contributed by atoms with E-state index in [0.717, 1.165) is 28.1 Å². The molecule has 0 atom stereocenters. The van der Waals surface area contributed by atoms with E-state index >= 15 is 0 Å². The lowest BCUT2D eigenvalue weighted by molar-refractivity contribution is -0.135. The van der Waals surface area contributed by atoms with Crippen molar-refractivity contribution >= 4 is 17.6 Å². The van der Waals surface area contributed by atoms with E-state index in [-0.39, 0.29) is 30.2 Å². The van der Waals surface area contributed by atoms with E-state index in [0.29, 0.717) is 18.8 Å². The number of nitrogens with one attached hydrogen (secondary N) is 1. The van der Waals surface area contributed by atoms with Gasteiger partial charge in [0.05, 0.1) is 17.9 Å². The maximum atomic E-state index is 13.3. The Bertz CT molecular complexity index is 1130. The van der Waals surface area contributed by atoms with Gasteiger partial charge in [-0.05, 0) is 42.9 Å². The molecule has 0 aliphatic rings. The van der Waals surface area contributed by atoms with E-state index < -0.39 is 0 Å². The van der Waals surface area contributed by atoms with Crippen LogP contribution in [0.25, 0.3) is 16.8 Å². The molecule has 3 aromatic rings. The number of para-hydroxylation sites is 1. The molecule has 0 aliphatic heterocycles. The number of benzene rings is 2. The predicted molar refractivity (Wildman–Crippen MR) is 138 cm³/mol. The smallest absolute Gasteiger partial charge is 0.245 e. The molecule has 0 fully saturated rings. The van der Waals surface area contributed by atoms with Gasteiger partial charge in [0.15, 0.2) is 0 Å². The van der Waals surface area contributed by atoms with Crippen LogP contribution in [0.15, 0.2) is 54.6 Å². The molecule has 3 rings (SSSR count). The standard InChI is InChI=1S/C28H36N4O2/c1-19(2)16-26(34)31(17-20(3)4)18-25(33)29-28-27(23-13-8-7-9-14-23)22(6)30-32(28)24-15-11-10-12-21(24)5/h7-15,19-20H,16-18H2,1-6H3,(H,29,33). The molecule has 0 unspecified atom stereocenters. The van der Waals surface area contributed by atoms with E-state index in [2.05, 4.69) is 19.2 Å². The fourth-order valence-corrected chi connectivity index (χ4v) is 4.09. The van der Waals surface area contributed by atoms with E-state index in [4.69, 9.17) is 5.10 Å². The summed E-state index contributed by atoms with van der Waals surface area (Å²) in [6.45, 7) is 12.7. The number of aromatic nitrogens is 2. The first-order valence-corrected chi connectivity index (χ1v) is 12.0. The first-order chi connectivity index (χ1) is 16.2. The highest BCUT2D eigenvalue weighted by Crippen LogP contribution is 2.34. The molecule has 34 heavy (non-hydrogen) atoms. The third kappa shape index (κ3) is 6.13. The molecule has 1 aromatic heterocycles. The van der Waals surface area contributed by atoms with Gasteiger partial charge >= 0.3 is 0 Å². The molecule has 0 aliphatic carbocycles. The van der Waals surface area contributed by atoms with Crippen molar-refractivity contribution in [3.63, 3.8) is 0 Å². The molecule has 0 bridgehead atoms. The van der Waals surface area contributed by atoms with Crippen molar-refractivity contribution in [2.45, 2.75) is 48.0 Å². The number of amides is 2. The van der Waals surface area contributed by atoms with E-state index in [1.165, 1.54) is 0 Å². The first-order valence-electron chi connectivity index (χ1n) is 12.0. The molecular weight excluding hydrogens is 424 g/mol. The maximum Gasteiger partial charge on any atom is 0.245 e. The van der Waals surface area contributed by atoms with Gasteiger partial charge in [-0.1, -0.05) is 76.2 Å². The number of anilines is 1. The summed E-state index contributed by atoms with van der Waals surface area (Å²) in [6.07, 6.45) is 0.426. The van der Waals surface area contributed by atoms with Crippen molar-refractivity contribution < 1.29 is 9.59 Å². The summed E-state index contributed by atoms with van der Waals surface area (Å²) in [5.41, 5.74) is 4.62. The van der Waals surface area contributed by atoms with Gasteiger partial charge in [0.1, 0.15) is 5.82 Å². The van der Waals surface area contributed by atoms with Crippen molar-refractivity contribution in [1.29, 1.82) is 0 Å². The van der Waals surface area contributed by atoms with Gasteiger partial charge in [0.25, 0.3) is 0 Å². The maximum absolute atomic E-state index is 13.3. The van der Waals surface area contributed by atoms with Crippen molar-refractivity contribution in [1.82, 2.24) is 14.7 Å². The topological polar surface area (TPSA) is 67.2 Å². The van der Waals surface area contributed by atoms with Crippen LogP contribution in [0, 0.1) is 25.7 Å². The Kier molecular flexibility index (Phi) is 8.26. The van der Waals surface area contributed by atoms with Gasteiger partial charge < -0.3 is 10.2 Å². The molecule has 2 aromatic carbocycles. The number of carbonyl (C=O) groups is 2. The Hall–Kier alpha value is -3.41. The SMILES string of the molecule is Cc1ccccc1-n1nc(C)c(-c2ccccc2)c1NC(=O)CN(CC(C)C)C(=O)CC(C)C. The second kappa shape index (κ2) is 11.1. The third-order valence-corrected chi connectivity index (χ3v) is 5.58. The van der Waals surface area contributed by atoms with E-state index in [9.17, 15) is 9.59 Å². The molecule has 180 valence electrons. The van der Waals surface area contributed by atoms with Crippen molar-refractivity contribution in [3.05, 3.63) is 65.9 Å². The van der Waals surface area contributed by atoms with Crippen LogP contribution in [0.4, 0.5) is 5.82 Å². The molecule has 1 N–H and O–H groups in total. The zero-order valence-electron chi connectivity index (χ0n) is 21.1. The highest BCUT2D eigenvalue weighted by molar-refractivity contribution is 5.98. The molecule has 2 amide bonds. The normalized spacial score (nSPS) is 11.2. The highest BCUT2D eigenvalue weighted by Gasteiger charge is 2.24. The second-order valence-corrected chi connectivity index (χ2v) is 9.69. The fraction of sp³-hybridized carbons (Fsp3) is 0.393. The summed E-state index contributed by atoms with van der Waals surface area (Å²) in [5, 5.41) is 7.90. The molecule has 0 saturated carbocycles.